The molecule has 0 aliphatic carbocycles. The van der Waals surface area contributed by atoms with Gasteiger partial charge >= 0.3 is 0 Å². The predicted molar refractivity (Wildman–Crippen MR) is 125 cm³/mol. The predicted octanol–water partition coefficient (Wildman–Crippen LogP) is 7.26. The van der Waals surface area contributed by atoms with E-state index >= 15 is 0 Å². The molecule has 0 bridgehead atoms. The van der Waals surface area contributed by atoms with Crippen LogP contribution < -0.4 is 4.74 Å². The molecule has 0 heterocycles. The van der Waals surface area contributed by atoms with Gasteiger partial charge in [-0.3, -0.25) is 0 Å². The van der Waals surface area contributed by atoms with Gasteiger partial charge in [-0.15, -0.1) is 0 Å². The Labute approximate surface area is 196 Å². The minimum atomic E-state index is -1.08. The maximum absolute atomic E-state index is 14.6. The van der Waals surface area contributed by atoms with Gasteiger partial charge in [-0.1, -0.05) is 48.5 Å². The first-order valence-corrected chi connectivity index (χ1v) is 10.8. The zero-order valence-electron chi connectivity index (χ0n) is 18.5. The lowest BCUT2D eigenvalue weighted by molar-refractivity contribution is 0.131. The van der Waals surface area contributed by atoms with E-state index in [0.717, 1.165) is 16.7 Å². The van der Waals surface area contributed by atoms with Crippen molar-refractivity contribution < 1.29 is 27.8 Å². The topological polar surface area (TPSA) is 38.7 Å². The lowest BCUT2D eigenvalue weighted by atomic mass is 10.0. The second kappa shape index (κ2) is 10.4. The van der Waals surface area contributed by atoms with Crippen molar-refractivity contribution in [2.45, 2.75) is 20.1 Å². The van der Waals surface area contributed by atoms with E-state index in [1.807, 2.05) is 25.1 Å². The highest BCUT2D eigenvalue weighted by molar-refractivity contribution is 5.66. The first-order valence-electron chi connectivity index (χ1n) is 10.8. The van der Waals surface area contributed by atoms with E-state index in [4.69, 9.17) is 9.47 Å². The van der Waals surface area contributed by atoms with Crippen molar-refractivity contribution in [1.29, 1.82) is 0 Å². The van der Waals surface area contributed by atoms with Crippen molar-refractivity contribution >= 4 is 0 Å². The van der Waals surface area contributed by atoms with Gasteiger partial charge in [0.15, 0.2) is 11.6 Å². The quantitative estimate of drug-likeness (QED) is 0.298. The molecule has 3 nitrogen and oxygen atoms in total. The van der Waals surface area contributed by atoms with E-state index in [1.165, 1.54) is 42.5 Å². The number of aromatic hydroxyl groups is 1. The van der Waals surface area contributed by atoms with Crippen molar-refractivity contribution in [2.24, 2.45) is 0 Å². The number of halogens is 3. The summed E-state index contributed by atoms with van der Waals surface area (Å²) < 4.78 is 54.2. The highest BCUT2D eigenvalue weighted by atomic mass is 19.2. The van der Waals surface area contributed by atoms with E-state index in [1.54, 1.807) is 18.2 Å². The molecule has 0 aromatic heterocycles. The summed E-state index contributed by atoms with van der Waals surface area (Å²) >= 11 is 0. The van der Waals surface area contributed by atoms with Crippen molar-refractivity contribution in [3.8, 4) is 33.8 Å². The van der Waals surface area contributed by atoms with Crippen molar-refractivity contribution in [1.82, 2.24) is 0 Å². The summed E-state index contributed by atoms with van der Waals surface area (Å²) in [5, 5.41) is 9.37. The minimum absolute atomic E-state index is 0.0385. The van der Waals surface area contributed by atoms with Crippen LogP contribution in [-0.2, 0) is 18.0 Å². The van der Waals surface area contributed by atoms with E-state index in [9.17, 15) is 18.3 Å². The summed E-state index contributed by atoms with van der Waals surface area (Å²) in [5.41, 5.74) is 3.32. The number of hydrogen-bond acceptors (Lipinski definition) is 3. The molecular formula is C28H23F3O3. The lowest BCUT2D eigenvalue weighted by Gasteiger charge is -2.11. The average molecular weight is 464 g/mol. The van der Waals surface area contributed by atoms with Crippen molar-refractivity contribution in [2.75, 3.05) is 6.61 Å². The summed E-state index contributed by atoms with van der Waals surface area (Å²) in [6.45, 7) is 2.64. The molecule has 4 rings (SSSR count). The van der Waals surface area contributed by atoms with Crippen LogP contribution in [0.5, 0.6) is 11.5 Å². The van der Waals surface area contributed by atoms with Crippen LogP contribution in [0, 0.1) is 17.5 Å². The van der Waals surface area contributed by atoms with Gasteiger partial charge in [-0.05, 0) is 59.5 Å². The fraction of sp³-hybridized carbons (Fsp3) is 0.143. The molecular weight excluding hydrogens is 441 g/mol. The zero-order chi connectivity index (χ0) is 24.1. The average Bonchev–Trinajstić information content (AvgIpc) is 2.85. The van der Waals surface area contributed by atoms with Gasteiger partial charge in [0.2, 0.25) is 5.82 Å². The molecule has 174 valence electrons. The second-order valence-electron chi connectivity index (χ2n) is 7.72. The Kier molecular flexibility index (Phi) is 7.18. The third kappa shape index (κ3) is 5.24. The summed E-state index contributed by atoms with van der Waals surface area (Å²) in [4.78, 5) is 0. The molecule has 0 aliphatic heterocycles. The minimum Gasteiger partial charge on any atom is -0.508 e. The summed E-state index contributed by atoms with van der Waals surface area (Å²) in [6, 6.07) is 20.9. The van der Waals surface area contributed by atoms with Gasteiger partial charge in [0, 0.05) is 17.7 Å². The molecule has 6 heteroatoms. The van der Waals surface area contributed by atoms with E-state index in [-0.39, 0.29) is 36.1 Å². The van der Waals surface area contributed by atoms with Gasteiger partial charge < -0.3 is 14.6 Å². The van der Waals surface area contributed by atoms with Crippen molar-refractivity contribution in [3.05, 3.63) is 107 Å². The Morgan fingerprint density at radius 1 is 0.706 bits per heavy atom. The van der Waals surface area contributed by atoms with Crippen molar-refractivity contribution in [3.63, 3.8) is 0 Å². The largest absolute Gasteiger partial charge is 0.508 e. The lowest BCUT2D eigenvalue weighted by Crippen LogP contribution is -2.00. The van der Waals surface area contributed by atoms with Crippen LogP contribution in [0.25, 0.3) is 22.3 Å². The highest BCUT2D eigenvalue weighted by Gasteiger charge is 2.16. The molecule has 0 unspecified atom stereocenters. The monoisotopic (exact) mass is 464 g/mol. The standard InChI is InChI=1S/C28H23F3O3/c1-2-33-17-22-8-7-21(15-25(22)29)19-5-3-18(4-6-19)16-34-26-14-13-24(27(30)28(26)31)20-9-11-23(32)12-10-20/h3-15,32H,2,16-17H2,1H3. The Hall–Kier alpha value is -3.77. The van der Waals surface area contributed by atoms with Crippen LogP contribution >= 0.6 is 0 Å². The molecule has 1 N–H and O–H groups in total. The fourth-order valence-corrected chi connectivity index (χ4v) is 3.52. The second-order valence-corrected chi connectivity index (χ2v) is 7.72. The molecule has 4 aromatic rings. The fourth-order valence-electron chi connectivity index (χ4n) is 3.52. The third-order valence-electron chi connectivity index (χ3n) is 5.42. The maximum atomic E-state index is 14.6. The van der Waals surface area contributed by atoms with Crippen LogP contribution in [0.15, 0.2) is 78.9 Å². The summed E-state index contributed by atoms with van der Waals surface area (Å²) in [5.74, 6) is -2.58. The Balaban J connectivity index is 1.44. The number of hydrogen-bond donors (Lipinski definition) is 1. The summed E-state index contributed by atoms with van der Waals surface area (Å²) in [6.07, 6.45) is 0. The van der Waals surface area contributed by atoms with Gasteiger partial charge in [0.25, 0.3) is 0 Å². The number of phenols is 1. The van der Waals surface area contributed by atoms with Crippen LogP contribution in [0.3, 0.4) is 0 Å². The number of ether oxygens (including phenoxy) is 2. The third-order valence-corrected chi connectivity index (χ3v) is 5.42. The highest BCUT2D eigenvalue weighted by Crippen LogP contribution is 2.31. The molecule has 0 aliphatic rings. The summed E-state index contributed by atoms with van der Waals surface area (Å²) in [7, 11) is 0. The van der Waals surface area contributed by atoms with E-state index < -0.39 is 11.6 Å². The van der Waals surface area contributed by atoms with Crippen LogP contribution in [-0.4, -0.2) is 11.7 Å². The molecule has 0 spiro atoms. The Morgan fingerprint density at radius 2 is 1.38 bits per heavy atom. The first kappa shape index (κ1) is 23.4. The molecule has 34 heavy (non-hydrogen) atoms. The van der Waals surface area contributed by atoms with Crippen LogP contribution in [0.1, 0.15) is 18.1 Å². The number of rotatable bonds is 8. The van der Waals surface area contributed by atoms with Crippen LogP contribution in [0.4, 0.5) is 13.2 Å². The van der Waals surface area contributed by atoms with Crippen LogP contribution in [0.2, 0.25) is 0 Å². The molecule has 0 radical (unpaired) electrons. The van der Waals surface area contributed by atoms with Gasteiger partial charge in [0.05, 0.1) is 6.61 Å². The number of phenolic OH excluding ortho intramolecular Hbond substituents is 1. The molecule has 4 aromatic carbocycles. The maximum Gasteiger partial charge on any atom is 0.201 e. The zero-order valence-corrected chi connectivity index (χ0v) is 18.5. The molecule has 0 amide bonds. The van der Waals surface area contributed by atoms with Gasteiger partial charge in [0.1, 0.15) is 18.2 Å². The molecule has 0 atom stereocenters. The molecule has 0 saturated carbocycles. The number of benzene rings is 4. The van der Waals surface area contributed by atoms with E-state index in [2.05, 4.69) is 0 Å². The smallest absolute Gasteiger partial charge is 0.201 e. The van der Waals surface area contributed by atoms with E-state index in [0.29, 0.717) is 17.7 Å². The molecule has 0 fully saturated rings. The SMILES string of the molecule is CCOCc1ccc(-c2ccc(COc3ccc(-c4ccc(O)cc4)c(F)c3F)cc2)cc1F. The van der Waals surface area contributed by atoms with Gasteiger partial charge in [-0.25, -0.2) is 8.78 Å². The van der Waals surface area contributed by atoms with Gasteiger partial charge in [-0.2, -0.15) is 4.39 Å². The first-order chi connectivity index (χ1) is 16.5. The Bertz CT molecular complexity index is 1270. The molecule has 0 saturated heterocycles. The normalized spacial score (nSPS) is 10.9. The Morgan fingerprint density at radius 3 is 2.06 bits per heavy atom.